The third kappa shape index (κ3) is 5.17. The van der Waals surface area contributed by atoms with E-state index in [0.717, 1.165) is 6.54 Å². The van der Waals surface area contributed by atoms with Crippen LogP contribution in [0.25, 0.3) is 6.08 Å². The standard InChI is InChI=1S/C17H23N3O3/c1-19(15-7-3-4-8-15)13-12-18-17(21)11-10-14-6-2-5-9-16(14)20(22)23/h2,5-6,9-11,15H,3-4,7-8,12-13H2,1H3,(H,18,21)/b11-10+. The highest BCUT2D eigenvalue weighted by atomic mass is 16.6. The predicted octanol–water partition coefficient (Wildman–Crippen LogP) is 2.60. The lowest BCUT2D eigenvalue weighted by Crippen LogP contribution is -2.36. The maximum Gasteiger partial charge on any atom is 0.276 e. The summed E-state index contributed by atoms with van der Waals surface area (Å²) in [5.41, 5.74) is 0.424. The average Bonchev–Trinajstić information content (AvgIpc) is 3.07. The van der Waals surface area contributed by atoms with Crippen LogP contribution < -0.4 is 5.32 Å². The molecule has 1 aromatic carbocycles. The van der Waals surface area contributed by atoms with Crippen LogP contribution in [0.4, 0.5) is 5.69 Å². The summed E-state index contributed by atoms with van der Waals surface area (Å²) in [6.07, 6.45) is 7.88. The van der Waals surface area contributed by atoms with Gasteiger partial charge in [-0.2, -0.15) is 0 Å². The van der Waals surface area contributed by atoms with Crippen molar-refractivity contribution in [3.05, 3.63) is 46.0 Å². The number of benzene rings is 1. The summed E-state index contributed by atoms with van der Waals surface area (Å²) in [6, 6.07) is 6.99. The zero-order valence-electron chi connectivity index (χ0n) is 13.4. The Hall–Kier alpha value is -2.21. The molecule has 6 heteroatoms. The van der Waals surface area contributed by atoms with Gasteiger partial charge in [0.15, 0.2) is 0 Å². The van der Waals surface area contributed by atoms with Gasteiger partial charge in [0.1, 0.15) is 0 Å². The topological polar surface area (TPSA) is 75.5 Å². The first-order valence-electron chi connectivity index (χ1n) is 7.97. The van der Waals surface area contributed by atoms with Crippen LogP contribution in [0.1, 0.15) is 31.2 Å². The number of nitro groups is 1. The second kappa shape index (κ2) is 8.43. The number of para-hydroxylation sites is 1. The van der Waals surface area contributed by atoms with Gasteiger partial charge in [-0.1, -0.05) is 25.0 Å². The van der Waals surface area contributed by atoms with Crippen LogP contribution in [0.5, 0.6) is 0 Å². The van der Waals surface area contributed by atoms with Gasteiger partial charge in [-0.25, -0.2) is 0 Å². The fourth-order valence-corrected chi connectivity index (χ4v) is 2.90. The molecular formula is C17H23N3O3. The number of nitrogens with zero attached hydrogens (tertiary/aromatic N) is 2. The van der Waals surface area contributed by atoms with Crippen LogP contribution in [-0.2, 0) is 4.79 Å². The van der Waals surface area contributed by atoms with Crippen molar-refractivity contribution in [2.45, 2.75) is 31.7 Å². The second-order valence-electron chi connectivity index (χ2n) is 5.86. The third-order valence-corrected chi connectivity index (χ3v) is 4.26. The average molecular weight is 317 g/mol. The van der Waals surface area contributed by atoms with E-state index in [4.69, 9.17) is 0 Å². The van der Waals surface area contributed by atoms with E-state index in [9.17, 15) is 14.9 Å². The van der Waals surface area contributed by atoms with Gasteiger partial charge in [-0.05, 0) is 32.0 Å². The molecule has 1 aromatic rings. The lowest BCUT2D eigenvalue weighted by molar-refractivity contribution is -0.385. The Morgan fingerprint density at radius 1 is 1.39 bits per heavy atom. The molecule has 23 heavy (non-hydrogen) atoms. The monoisotopic (exact) mass is 317 g/mol. The lowest BCUT2D eigenvalue weighted by atomic mass is 10.1. The molecular weight excluding hydrogens is 294 g/mol. The van der Waals surface area contributed by atoms with Crippen molar-refractivity contribution in [2.75, 3.05) is 20.1 Å². The van der Waals surface area contributed by atoms with Crippen LogP contribution in [0.3, 0.4) is 0 Å². The van der Waals surface area contributed by atoms with Gasteiger partial charge < -0.3 is 10.2 Å². The van der Waals surface area contributed by atoms with E-state index in [0.29, 0.717) is 18.2 Å². The van der Waals surface area contributed by atoms with E-state index >= 15 is 0 Å². The predicted molar refractivity (Wildman–Crippen MR) is 90.0 cm³/mol. The Kier molecular flexibility index (Phi) is 6.29. The minimum atomic E-state index is -0.450. The van der Waals surface area contributed by atoms with Gasteiger partial charge >= 0.3 is 0 Å². The molecule has 0 heterocycles. The van der Waals surface area contributed by atoms with Crippen LogP contribution in [0.15, 0.2) is 30.3 Å². The number of nitrogens with one attached hydrogen (secondary N) is 1. The van der Waals surface area contributed by atoms with Gasteiger partial charge in [0.05, 0.1) is 10.5 Å². The van der Waals surface area contributed by atoms with Crippen molar-refractivity contribution >= 4 is 17.7 Å². The van der Waals surface area contributed by atoms with Gasteiger partial charge in [-0.3, -0.25) is 14.9 Å². The highest BCUT2D eigenvalue weighted by Crippen LogP contribution is 2.22. The Morgan fingerprint density at radius 2 is 2.09 bits per heavy atom. The van der Waals surface area contributed by atoms with Gasteiger partial charge in [0, 0.05) is 31.3 Å². The number of likely N-dealkylation sites (N-methyl/N-ethyl adjacent to an activating group) is 1. The molecule has 1 aliphatic carbocycles. The van der Waals surface area contributed by atoms with Crippen LogP contribution in [-0.4, -0.2) is 41.9 Å². The van der Waals surface area contributed by atoms with E-state index in [1.165, 1.54) is 43.9 Å². The third-order valence-electron chi connectivity index (χ3n) is 4.26. The molecule has 2 rings (SSSR count). The van der Waals surface area contributed by atoms with Crippen molar-refractivity contribution in [2.24, 2.45) is 0 Å². The summed E-state index contributed by atoms with van der Waals surface area (Å²) in [4.78, 5) is 24.6. The van der Waals surface area contributed by atoms with Gasteiger partial charge in [0.2, 0.25) is 5.91 Å². The molecule has 0 saturated heterocycles. The fourth-order valence-electron chi connectivity index (χ4n) is 2.90. The minimum absolute atomic E-state index is 0.00230. The summed E-state index contributed by atoms with van der Waals surface area (Å²) in [5.74, 6) is -0.233. The lowest BCUT2D eigenvalue weighted by Gasteiger charge is -2.23. The Balaban J connectivity index is 1.79. The summed E-state index contributed by atoms with van der Waals surface area (Å²) in [6.45, 7) is 1.39. The SMILES string of the molecule is CN(CCNC(=O)/C=C/c1ccccc1[N+](=O)[O-])C1CCCC1. The number of amides is 1. The number of carbonyl (C=O) groups excluding carboxylic acids is 1. The van der Waals surface area contributed by atoms with Crippen molar-refractivity contribution < 1.29 is 9.72 Å². The van der Waals surface area contributed by atoms with E-state index < -0.39 is 4.92 Å². The molecule has 1 N–H and O–H groups in total. The second-order valence-corrected chi connectivity index (χ2v) is 5.86. The zero-order chi connectivity index (χ0) is 16.7. The van der Waals surface area contributed by atoms with E-state index in [1.807, 2.05) is 0 Å². The molecule has 0 unspecified atom stereocenters. The molecule has 0 radical (unpaired) electrons. The molecule has 0 bridgehead atoms. The Morgan fingerprint density at radius 3 is 2.78 bits per heavy atom. The summed E-state index contributed by atoms with van der Waals surface area (Å²) >= 11 is 0. The number of rotatable bonds is 7. The molecule has 0 aliphatic heterocycles. The largest absolute Gasteiger partial charge is 0.351 e. The van der Waals surface area contributed by atoms with Crippen LogP contribution in [0.2, 0.25) is 0 Å². The van der Waals surface area contributed by atoms with Crippen molar-refractivity contribution in [3.8, 4) is 0 Å². The highest BCUT2D eigenvalue weighted by Gasteiger charge is 2.18. The van der Waals surface area contributed by atoms with Gasteiger partial charge in [0.25, 0.3) is 5.69 Å². The minimum Gasteiger partial charge on any atom is -0.351 e. The molecule has 1 fully saturated rings. The van der Waals surface area contributed by atoms with E-state index in [-0.39, 0.29) is 11.6 Å². The first kappa shape index (κ1) is 17.1. The molecule has 6 nitrogen and oxygen atoms in total. The summed E-state index contributed by atoms with van der Waals surface area (Å²) in [5, 5.41) is 13.7. The Bertz CT molecular complexity index is 580. The van der Waals surface area contributed by atoms with Gasteiger partial charge in [-0.15, -0.1) is 0 Å². The fraction of sp³-hybridized carbons (Fsp3) is 0.471. The number of carbonyl (C=O) groups is 1. The first-order valence-corrected chi connectivity index (χ1v) is 7.97. The smallest absolute Gasteiger partial charge is 0.276 e. The molecule has 0 aromatic heterocycles. The maximum absolute atomic E-state index is 11.8. The van der Waals surface area contributed by atoms with Crippen LogP contribution >= 0.6 is 0 Å². The summed E-state index contributed by atoms with van der Waals surface area (Å²) < 4.78 is 0. The van der Waals surface area contributed by atoms with Crippen molar-refractivity contribution in [1.82, 2.24) is 10.2 Å². The molecule has 124 valence electrons. The molecule has 0 spiro atoms. The maximum atomic E-state index is 11.8. The summed E-state index contributed by atoms with van der Waals surface area (Å²) in [7, 11) is 2.09. The molecule has 0 atom stereocenters. The number of hydrogen-bond donors (Lipinski definition) is 1. The molecule has 1 amide bonds. The van der Waals surface area contributed by atoms with Crippen molar-refractivity contribution in [1.29, 1.82) is 0 Å². The normalized spacial score (nSPS) is 15.4. The zero-order valence-corrected chi connectivity index (χ0v) is 13.4. The first-order chi connectivity index (χ1) is 11.1. The van der Waals surface area contributed by atoms with Crippen molar-refractivity contribution in [3.63, 3.8) is 0 Å². The quantitative estimate of drug-likeness (QED) is 0.476. The number of nitro benzene ring substituents is 1. The molecule has 1 saturated carbocycles. The number of hydrogen-bond acceptors (Lipinski definition) is 4. The Labute approximate surface area is 136 Å². The van der Waals surface area contributed by atoms with Crippen LogP contribution in [0, 0.1) is 10.1 Å². The molecule has 1 aliphatic rings. The van der Waals surface area contributed by atoms with E-state index in [2.05, 4.69) is 17.3 Å². The van der Waals surface area contributed by atoms with E-state index in [1.54, 1.807) is 18.2 Å². The highest BCUT2D eigenvalue weighted by molar-refractivity contribution is 5.92.